The lowest BCUT2D eigenvalue weighted by molar-refractivity contribution is -0.139. The first kappa shape index (κ1) is 13.2. The van der Waals surface area contributed by atoms with Crippen molar-refractivity contribution in [2.24, 2.45) is 0 Å². The summed E-state index contributed by atoms with van der Waals surface area (Å²) in [4.78, 5) is 11.3. The Morgan fingerprint density at radius 3 is 2.65 bits per heavy atom. The van der Waals surface area contributed by atoms with Crippen molar-refractivity contribution >= 4 is 5.97 Å². The number of benzene rings is 1. The average molecular weight is 233 g/mol. The Balaban J connectivity index is 3.31. The van der Waals surface area contributed by atoms with Gasteiger partial charge >= 0.3 is 5.97 Å². The molecule has 0 radical (unpaired) electrons. The van der Waals surface area contributed by atoms with E-state index < -0.39 is 0 Å². The molecule has 1 N–H and O–H groups in total. The number of carbonyl (C=O) groups is 1. The third-order valence-electron chi connectivity index (χ3n) is 2.72. The fraction of sp³-hybridized carbons (Fsp3) is 0.385. The van der Waals surface area contributed by atoms with Gasteiger partial charge in [0.15, 0.2) is 0 Å². The Bertz CT molecular complexity index is 460. The molecule has 0 heterocycles. The number of carbonyl (C=O) groups excluding carboxylic acids is 1. The largest absolute Gasteiger partial charge is 0.469 e. The van der Waals surface area contributed by atoms with Crippen LogP contribution in [0.3, 0.4) is 0 Å². The molecule has 90 valence electrons. The van der Waals surface area contributed by atoms with Crippen LogP contribution in [-0.2, 0) is 29.0 Å². The van der Waals surface area contributed by atoms with Crippen molar-refractivity contribution in [1.82, 2.24) is 0 Å². The standard InChI is InChI=1S/C13H15NO3/c1-3-11-10(8-15)5-4-9(7-14)12(11)6-13(16)17-2/h4-5,15H,3,6,8H2,1-2H3. The Labute approximate surface area is 100 Å². The third kappa shape index (κ3) is 2.83. The van der Waals surface area contributed by atoms with Crippen molar-refractivity contribution in [3.05, 3.63) is 34.4 Å². The topological polar surface area (TPSA) is 70.3 Å². The normalized spacial score (nSPS) is 9.76. The van der Waals surface area contributed by atoms with Gasteiger partial charge in [-0.25, -0.2) is 0 Å². The Kier molecular flexibility index (Phi) is 4.68. The summed E-state index contributed by atoms with van der Waals surface area (Å²) in [6, 6.07) is 5.41. The van der Waals surface area contributed by atoms with E-state index in [4.69, 9.17) is 5.26 Å². The molecule has 1 rings (SSSR count). The van der Waals surface area contributed by atoms with Crippen molar-refractivity contribution in [3.63, 3.8) is 0 Å². The van der Waals surface area contributed by atoms with Crippen LogP contribution in [0.25, 0.3) is 0 Å². The Morgan fingerprint density at radius 2 is 2.18 bits per heavy atom. The number of ether oxygens (including phenoxy) is 1. The molecule has 4 nitrogen and oxygen atoms in total. The van der Waals surface area contributed by atoms with Crippen LogP contribution in [-0.4, -0.2) is 18.2 Å². The molecule has 0 aliphatic carbocycles. The van der Waals surface area contributed by atoms with E-state index in [0.29, 0.717) is 17.5 Å². The summed E-state index contributed by atoms with van der Waals surface area (Å²) in [5, 5.41) is 18.3. The maximum absolute atomic E-state index is 11.3. The fourth-order valence-corrected chi connectivity index (χ4v) is 1.85. The minimum atomic E-state index is -0.383. The number of aliphatic hydroxyl groups is 1. The zero-order valence-electron chi connectivity index (χ0n) is 9.99. The number of hydrogen-bond acceptors (Lipinski definition) is 4. The SMILES string of the molecule is CCc1c(CO)ccc(C#N)c1CC(=O)OC. The molecule has 4 heteroatoms. The second-order valence-corrected chi connectivity index (χ2v) is 3.61. The van der Waals surface area contributed by atoms with Gasteiger partial charge in [-0.15, -0.1) is 0 Å². The molecule has 0 atom stereocenters. The van der Waals surface area contributed by atoms with E-state index in [1.807, 2.05) is 6.92 Å². The van der Waals surface area contributed by atoms with E-state index in [0.717, 1.165) is 11.1 Å². The summed E-state index contributed by atoms with van der Waals surface area (Å²) < 4.78 is 4.62. The Hall–Kier alpha value is -1.86. The number of hydrogen-bond donors (Lipinski definition) is 1. The average Bonchev–Trinajstić information content (AvgIpc) is 2.37. The van der Waals surface area contributed by atoms with Crippen LogP contribution in [0.1, 0.15) is 29.2 Å². The first-order chi connectivity index (χ1) is 8.17. The van der Waals surface area contributed by atoms with Crippen LogP contribution in [0.2, 0.25) is 0 Å². The van der Waals surface area contributed by atoms with E-state index in [1.165, 1.54) is 7.11 Å². The quantitative estimate of drug-likeness (QED) is 0.796. The number of rotatable bonds is 4. The minimum Gasteiger partial charge on any atom is -0.469 e. The van der Waals surface area contributed by atoms with Gasteiger partial charge < -0.3 is 9.84 Å². The molecule has 1 aromatic carbocycles. The molecule has 0 aromatic heterocycles. The summed E-state index contributed by atoms with van der Waals surface area (Å²) in [5.74, 6) is -0.383. The first-order valence-corrected chi connectivity index (χ1v) is 5.39. The molecule has 0 bridgehead atoms. The number of nitriles is 1. The monoisotopic (exact) mass is 233 g/mol. The van der Waals surface area contributed by atoms with E-state index in [2.05, 4.69) is 10.8 Å². The van der Waals surface area contributed by atoms with Crippen molar-refractivity contribution in [2.75, 3.05) is 7.11 Å². The van der Waals surface area contributed by atoms with Crippen LogP contribution in [0.15, 0.2) is 12.1 Å². The maximum atomic E-state index is 11.3. The lowest BCUT2D eigenvalue weighted by Crippen LogP contribution is -2.10. The zero-order valence-corrected chi connectivity index (χ0v) is 9.99. The predicted molar refractivity (Wildman–Crippen MR) is 62.2 cm³/mol. The van der Waals surface area contributed by atoms with Gasteiger partial charge in [-0.2, -0.15) is 5.26 Å². The van der Waals surface area contributed by atoms with Gasteiger partial charge in [0.1, 0.15) is 0 Å². The summed E-state index contributed by atoms with van der Waals surface area (Å²) in [6.07, 6.45) is 0.730. The number of nitrogens with zero attached hydrogens (tertiary/aromatic N) is 1. The summed E-state index contributed by atoms with van der Waals surface area (Å²) in [7, 11) is 1.32. The lowest BCUT2D eigenvalue weighted by atomic mass is 9.93. The van der Waals surface area contributed by atoms with Gasteiger partial charge in [0.25, 0.3) is 0 Å². The highest BCUT2D eigenvalue weighted by Gasteiger charge is 2.15. The summed E-state index contributed by atoms with van der Waals surface area (Å²) in [6.45, 7) is 1.83. The number of esters is 1. The van der Waals surface area contributed by atoms with Crippen LogP contribution in [0.4, 0.5) is 0 Å². The first-order valence-electron chi connectivity index (χ1n) is 5.39. The van der Waals surface area contributed by atoms with Crippen LogP contribution in [0, 0.1) is 11.3 Å². The summed E-state index contributed by atoms with van der Waals surface area (Å²) in [5.41, 5.74) is 2.74. The second kappa shape index (κ2) is 6.02. The Morgan fingerprint density at radius 1 is 1.47 bits per heavy atom. The maximum Gasteiger partial charge on any atom is 0.310 e. The van der Waals surface area contributed by atoms with E-state index in [9.17, 15) is 9.90 Å². The smallest absolute Gasteiger partial charge is 0.310 e. The third-order valence-corrected chi connectivity index (χ3v) is 2.72. The molecule has 1 aromatic rings. The molecular weight excluding hydrogens is 218 g/mol. The highest BCUT2D eigenvalue weighted by molar-refractivity contribution is 5.74. The number of methoxy groups -OCH3 is 1. The van der Waals surface area contributed by atoms with Crippen molar-refractivity contribution in [3.8, 4) is 6.07 Å². The van der Waals surface area contributed by atoms with Gasteiger partial charge in [0.05, 0.1) is 31.8 Å². The van der Waals surface area contributed by atoms with Crippen molar-refractivity contribution in [1.29, 1.82) is 5.26 Å². The van der Waals surface area contributed by atoms with E-state index in [-0.39, 0.29) is 19.0 Å². The molecule has 0 saturated heterocycles. The number of aliphatic hydroxyl groups excluding tert-OH is 1. The molecule has 17 heavy (non-hydrogen) atoms. The van der Waals surface area contributed by atoms with Gasteiger partial charge in [0, 0.05) is 0 Å². The lowest BCUT2D eigenvalue weighted by Gasteiger charge is -2.13. The van der Waals surface area contributed by atoms with Gasteiger partial charge in [-0.1, -0.05) is 13.0 Å². The minimum absolute atomic E-state index is 0.0659. The molecule has 0 fully saturated rings. The van der Waals surface area contributed by atoms with Crippen molar-refractivity contribution in [2.45, 2.75) is 26.4 Å². The van der Waals surface area contributed by atoms with Crippen LogP contribution < -0.4 is 0 Å². The van der Waals surface area contributed by atoms with E-state index >= 15 is 0 Å². The predicted octanol–water partition coefficient (Wildman–Crippen LogP) is 1.33. The molecule has 0 saturated carbocycles. The van der Waals surface area contributed by atoms with Gasteiger partial charge in [-0.05, 0) is 29.2 Å². The van der Waals surface area contributed by atoms with E-state index in [1.54, 1.807) is 12.1 Å². The fourth-order valence-electron chi connectivity index (χ4n) is 1.85. The second-order valence-electron chi connectivity index (χ2n) is 3.61. The molecular formula is C13H15NO3. The van der Waals surface area contributed by atoms with Crippen molar-refractivity contribution < 1.29 is 14.6 Å². The molecule has 0 spiro atoms. The van der Waals surface area contributed by atoms with Gasteiger partial charge in [0.2, 0.25) is 0 Å². The molecule has 0 aliphatic rings. The van der Waals surface area contributed by atoms with Crippen LogP contribution >= 0.6 is 0 Å². The van der Waals surface area contributed by atoms with Gasteiger partial charge in [-0.3, -0.25) is 4.79 Å². The summed E-state index contributed by atoms with van der Waals surface area (Å²) >= 11 is 0. The van der Waals surface area contributed by atoms with Crippen LogP contribution in [0.5, 0.6) is 0 Å². The highest BCUT2D eigenvalue weighted by Crippen LogP contribution is 2.21. The highest BCUT2D eigenvalue weighted by atomic mass is 16.5. The molecule has 0 unspecified atom stereocenters. The molecule has 0 amide bonds. The molecule has 0 aliphatic heterocycles. The zero-order chi connectivity index (χ0) is 12.8.